The van der Waals surface area contributed by atoms with Crippen LogP contribution in [0.3, 0.4) is 0 Å². The summed E-state index contributed by atoms with van der Waals surface area (Å²) in [5.41, 5.74) is -0.114. The maximum atomic E-state index is 13.1. The fraction of sp³-hybridized carbons (Fsp3) is 0.333. The van der Waals surface area contributed by atoms with E-state index >= 15 is 0 Å². The van der Waals surface area contributed by atoms with Crippen molar-refractivity contribution in [1.82, 2.24) is 9.44 Å². The molecule has 47 heavy (non-hydrogen) atoms. The van der Waals surface area contributed by atoms with Gasteiger partial charge in [-0.05, 0) is 75.4 Å². The maximum absolute atomic E-state index is 13.1. The summed E-state index contributed by atoms with van der Waals surface area (Å²) < 4.78 is 64.4. The first-order chi connectivity index (χ1) is 22.0. The highest BCUT2D eigenvalue weighted by molar-refractivity contribution is 7.90. The van der Waals surface area contributed by atoms with Crippen molar-refractivity contribution in [2.24, 2.45) is 0 Å². The monoisotopic (exact) mass is 714 g/mol. The van der Waals surface area contributed by atoms with Gasteiger partial charge in [0.1, 0.15) is 0 Å². The second-order valence-corrected chi connectivity index (χ2v) is 24.7. The van der Waals surface area contributed by atoms with Gasteiger partial charge in [0.15, 0.2) is 26.6 Å². The normalized spacial score (nSPS) is 12.6. The Morgan fingerprint density at radius 1 is 0.638 bits per heavy atom. The highest BCUT2D eigenvalue weighted by Gasteiger charge is 2.33. The zero-order valence-electron chi connectivity index (χ0n) is 26.6. The minimum absolute atomic E-state index is 0.0112. The van der Waals surface area contributed by atoms with E-state index in [2.05, 4.69) is 45.6 Å². The molecule has 4 rings (SSSR count). The summed E-state index contributed by atoms with van der Waals surface area (Å²) in [4.78, 5) is 6.05. The van der Waals surface area contributed by atoms with E-state index in [9.17, 15) is 27.0 Å². The second kappa shape index (κ2) is 14.0. The topological polar surface area (TPSA) is 198 Å². The van der Waals surface area contributed by atoms with E-state index in [0.717, 1.165) is 0 Å². The lowest BCUT2D eigenvalue weighted by atomic mass is 10.1. The van der Waals surface area contributed by atoms with Crippen LogP contribution in [0, 0.1) is 10.8 Å². The van der Waals surface area contributed by atoms with Gasteiger partial charge in [-0.2, -0.15) is 0 Å². The molecule has 13 nitrogen and oxygen atoms in total. The van der Waals surface area contributed by atoms with Gasteiger partial charge < -0.3 is 14.3 Å². The molecular formula is C30H38N6O7S2Si2+2. The van der Waals surface area contributed by atoms with E-state index in [1.165, 1.54) is 48.5 Å². The Hall–Kier alpha value is -3.95. The quantitative estimate of drug-likeness (QED) is 0.0614. The Labute approximate surface area is 276 Å². The van der Waals surface area contributed by atoms with Crippen LogP contribution in [0.4, 0.5) is 11.4 Å². The predicted molar refractivity (Wildman–Crippen MR) is 186 cm³/mol. The number of nitrogens with one attached hydrogen (secondary N) is 2. The van der Waals surface area contributed by atoms with Crippen LogP contribution in [0.25, 0.3) is 31.5 Å². The molecule has 0 aliphatic carbocycles. The van der Waals surface area contributed by atoms with Crippen LogP contribution >= 0.6 is 0 Å². The van der Waals surface area contributed by atoms with Crippen LogP contribution in [0.5, 0.6) is 11.5 Å². The third kappa shape index (κ3) is 8.32. The zero-order valence-corrected chi connectivity index (χ0v) is 30.2. The fourth-order valence-electron chi connectivity index (χ4n) is 5.68. The van der Waals surface area contributed by atoms with Gasteiger partial charge in [-0.25, -0.2) is 26.3 Å². The Bertz CT molecular complexity index is 1980. The Morgan fingerprint density at radius 2 is 1.02 bits per heavy atom. The minimum Gasteiger partial charge on any atom is -0.501 e. The van der Waals surface area contributed by atoms with Crippen molar-refractivity contribution in [2.75, 3.05) is 13.1 Å². The number of benzene rings is 4. The summed E-state index contributed by atoms with van der Waals surface area (Å²) in [6, 6.07) is 16.1. The lowest BCUT2D eigenvalue weighted by molar-refractivity contribution is 0.484. The number of phenols is 2. The lowest BCUT2D eigenvalue weighted by Crippen LogP contribution is -2.45. The van der Waals surface area contributed by atoms with Crippen LogP contribution in [0.15, 0.2) is 70.5 Å². The first-order valence-electron chi connectivity index (χ1n) is 14.9. The van der Waals surface area contributed by atoms with Crippen LogP contribution in [0.2, 0.25) is 38.3 Å². The molecule has 0 fully saturated rings. The van der Waals surface area contributed by atoms with Crippen LogP contribution in [0.1, 0.15) is 12.8 Å². The van der Waals surface area contributed by atoms with Gasteiger partial charge >= 0.3 is 11.4 Å². The molecule has 0 atom stereocenters. The highest BCUT2D eigenvalue weighted by Crippen LogP contribution is 2.38. The number of phenolic OH excluding ortho intramolecular Hbond substituents is 2. The van der Waals surface area contributed by atoms with Gasteiger partial charge in [0.2, 0.25) is 42.3 Å². The number of hydrogen-bond donors (Lipinski definition) is 4. The van der Waals surface area contributed by atoms with Crippen molar-refractivity contribution in [3.05, 3.63) is 70.6 Å². The molecule has 0 saturated heterocycles. The average Bonchev–Trinajstić information content (AvgIpc) is 3.01. The summed E-state index contributed by atoms with van der Waals surface area (Å²) in [6.45, 7) is 8.73. The van der Waals surface area contributed by atoms with Crippen LogP contribution in [-0.2, 0) is 24.2 Å². The van der Waals surface area contributed by atoms with E-state index in [-0.39, 0.29) is 56.5 Å². The molecule has 4 aromatic carbocycles. The molecule has 17 heteroatoms. The predicted octanol–water partition coefficient (Wildman–Crippen LogP) is 6.84. The Kier molecular flexibility index (Phi) is 10.7. The number of aromatic hydroxyl groups is 2. The lowest BCUT2D eigenvalue weighted by Gasteiger charge is -2.34. The third-order valence-corrected chi connectivity index (χ3v) is 18.4. The van der Waals surface area contributed by atoms with Gasteiger partial charge in [0, 0.05) is 46.8 Å². The maximum Gasteiger partial charge on any atom is 0.426 e. The summed E-state index contributed by atoms with van der Waals surface area (Å²) in [5.74, 6) is -0.617. The molecule has 248 valence electrons. The number of hydrogen-bond acceptors (Lipinski definition) is 9. The number of nitrogens with zero attached hydrogens (tertiary/aromatic N) is 4. The largest absolute Gasteiger partial charge is 0.501 e. The molecule has 0 heterocycles. The third-order valence-electron chi connectivity index (χ3n) is 7.79. The standard InChI is InChI=1S/C30H36N6O7S2Si2/c1-46(2,19-7-17-33-44(39,40)27-11-5-9-23-21(27)13-15-25(35-31)29(23)37)43-47(3,4)20-8-18-34-45(41,42)28-12-6-10-24-22(28)14-16-26(36-32)30(24)38/h5-6,9-16,33-34H,7-8,17-20H2,1-4H3/p+2. The van der Waals surface area contributed by atoms with Crippen molar-refractivity contribution in [2.45, 2.75) is 60.9 Å². The molecule has 4 N–H and O–H groups in total. The van der Waals surface area contributed by atoms with E-state index in [1.807, 2.05) is 0 Å². The minimum atomic E-state index is -3.89. The van der Waals surface area contributed by atoms with Crippen LogP contribution < -0.4 is 9.44 Å². The highest BCUT2D eigenvalue weighted by atomic mass is 32.2. The first kappa shape index (κ1) is 35.9. The van der Waals surface area contributed by atoms with Crippen LogP contribution in [-0.4, -0.2) is 56.8 Å². The van der Waals surface area contributed by atoms with E-state index < -0.39 is 36.7 Å². The van der Waals surface area contributed by atoms with Gasteiger partial charge in [0.05, 0.1) is 9.79 Å². The summed E-state index contributed by atoms with van der Waals surface area (Å²) in [6.07, 6.45) is 1.11. The summed E-state index contributed by atoms with van der Waals surface area (Å²) in [7, 11) is -12.2. The number of sulfonamides is 2. The number of fused-ring (bicyclic) bond motifs is 2. The summed E-state index contributed by atoms with van der Waals surface area (Å²) >= 11 is 0. The molecule has 0 spiro atoms. The molecular weight excluding hydrogens is 677 g/mol. The number of diazo groups is 2. The first-order valence-corrected chi connectivity index (χ1v) is 24.1. The van der Waals surface area contributed by atoms with Gasteiger partial charge in [-0.1, -0.05) is 24.3 Å². The van der Waals surface area contributed by atoms with Crippen molar-refractivity contribution in [3.63, 3.8) is 0 Å². The average molecular weight is 715 g/mol. The molecule has 0 aliphatic rings. The Morgan fingerprint density at radius 3 is 1.38 bits per heavy atom. The zero-order chi connectivity index (χ0) is 34.6. The molecule has 0 radical (unpaired) electrons. The molecule has 0 aliphatic heterocycles. The molecule has 0 aromatic heterocycles. The molecule has 0 unspecified atom stereocenters. The SMILES string of the molecule is C[Si](C)(CCCNS(=O)(=O)c1cccc2c(O)c([N+]#N)ccc12)O[Si](C)(C)CCCNS(=O)(=O)c1cccc2c(O)c([N+]#N)ccc12. The Balaban J connectivity index is 1.29. The molecule has 4 aromatic rings. The second-order valence-electron chi connectivity index (χ2n) is 12.4. The van der Waals surface area contributed by atoms with Crippen molar-refractivity contribution in [3.8, 4) is 11.5 Å². The molecule has 0 saturated carbocycles. The van der Waals surface area contributed by atoms with E-state index in [1.54, 1.807) is 12.1 Å². The molecule has 0 bridgehead atoms. The van der Waals surface area contributed by atoms with Crippen molar-refractivity contribution < 1.29 is 31.2 Å². The smallest absolute Gasteiger partial charge is 0.426 e. The summed E-state index contributed by atoms with van der Waals surface area (Å²) in [5, 5.41) is 39.9. The number of rotatable bonds is 14. The van der Waals surface area contributed by atoms with Gasteiger partial charge in [-0.3, -0.25) is 0 Å². The fourth-order valence-corrected chi connectivity index (χ4v) is 17.1. The molecule has 0 amide bonds. The van der Waals surface area contributed by atoms with E-state index in [4.69, 9.17) is 14.9 Å². The van der Waals surface area contributed by atoms with Crippen molar-refractivity contribution in [1.29, 1.82) is 10.8 Å². The van der Waals surface area contributed by atoms with Gasteiger partial charge in [0.25, 0.3) is 0 Å². The van der Waals surface area contributed by atoms with Gasteiger partial charge in [-0.15, -0.1) is 0 Å². The van der Waals surface area contributed by atoms with Crippen molar-refractivity contribution >= 4 is 69.6 Å². The van der Waals surface area contributed by atoms with E-state index in [0.29, 0.717) is 35.7 Å².